The summed E-state index contributed by atoms with van der Waals surface area (Å²) in [5.41, 5.74) is -0.461. The van der Waals surface area contributed by atoms with E-state index >= 15 is 0 Å². The molecule has 31 heavy (non-hydrogen) atoms. The molecule has 0 aromatic heterocycles. The van der Waals surface area contributed by atoms with Crippen molar-refractivity contribution >= 4 is 29.5 Å². The number of likely N-dealkylation sites (tertiary alicyclic amines) is 1. The van der Waals surface area contributed by atoms with Gasteiger partial charge in [0, 0.05) is 17.3 Å². The predicted molar refractivity (Wildman–Crippen MR) is 120 cm³/mol. The number of fused-ring (bicyclic) bond motifs is 1. The Hall–Kier alpha value is -1.54. The molecule has 3 heterocycles. The smallest absolute Gasteiger partial charge is 0.310 e. The first-order valence-corrected chi connectivity index (χ1v) is 12.2. The van der Waals surface area contributed by atoms with E-state index in [2.05, 4.69) is 6.58 Å². The van der Waals surface area contributed by atoms with E-state index in [1.54, 1.807) is 34.6 Å². The fourth-order valence-electron chi connectivity index (χ4n) is 5.65. The highest BCUT2D eigenvalue weighted by Gasteiger charge is 2.74. The zero-order chi connectivity index (χ0) is 23.1. The molecule has 174 valence electrons. The normalized spacial score (nSPS) is 32.7. The van der Waals surface area contributed by atoms with Gasteiger partial charge in [0.25, 0.3) is 0 Å². The minimum Gasteiger partial charge on any atom is -0.466 e. The molecule has 1 N–H and O–H groups in total. The first kappa shape index (κ1) is 24.1. The van der Waals surface area contributed by atoms with Crippen molar-refractivity contribution in [3.05, 3.63) is 12.7 Å². The van der Waals surface area contributed by atoms with Crippen LogP contribution in [0.2, 0.25) is 0 Å². The van der Waals surface area contributed by atoms with E-state index in [9.17, 15) is 19.5 Å². The highest BCUT2D eigenvalue weighted by Crippen LogP contribution is 2.67. The second-order valence-electron chi connectivity index (χ2n) is 9.71. The SMILES string of the molecule is C=CCN(C(=O)C1N([C@@H](CC)CO)C(=O)[C@@H]2[C@@H](C(=O)OCC)[C@H]3CCC12S3)C(C)(C)C. The molecular formula is C23H36N2O5S. The summed E-state index contributed by atoms with van der Waals surface area (Å²) in [7, 11) is 0. The molecule has 2 unspecified atom stereocenters. The summed E-state index contributed by atoms with van der Waals surface area (Å²) in [6.45, 7) is 13.8. The van der Waals surface area contributed by atoms with Crippen molar-refractivity contribution in [3.63, 3.8) is 0 Å². The van der Waals surface area contributed by atoms with E-state index in [4.69, 9.17) is 4.74 Å². The van der Waals surface area contributed by atoms with Crippen LogP contribution in [0.15, 0.2) is 12.7 Å². The highest BCUT2D eigenvalue weighted by atomic mass is 32.2. The molecule has 0 saturated carbocycles. The average Bonchev–Trinajstić information content (AvgIpc) is 3.34. The lowest BCUT2D eigenvalue weighted by Gasteiger charge is -2.43. The molecule has 0 aromatic rings. The summed E-state index contributed by atoms with van der Waals surface area (Å²) in [4.78, 5) is 44.1. The number of thioether (sulfide) groups is 1. The van der Waals surface area contributed by atoms with Gasteiger partial charge >= 0.3 is 5.97 Å². The number of carbonyl (C=O) groups excluding carboxylic acids is 3. The largest absolute Gasteiger partial charge is 0.466 e. The Morgan fingerprint density at radius 2 is 2.10 bits per heavy atom. The van der Waals surface area contributed by atoms with Crippen molar-refractivity contribution in [1.82, 2.24) is 9.80 Å². The first-order valence-electron chi connectivity index (χ1n) is 11.3. The number of hydrogen-bond acceptors (Lipinski definition) is 6. The topological polar surface area (TPSA) is 87.2 Å². The third kappa shape index (κ3) is 3.69. The first-order chi connectivity index (χ1) is 14.6. The summed E-state index contributed by atoms with van der Waals surface area (Å²) >= 11 is 1.62. The minimum absolute atomic E-state index is 0.0119. The zero-order valence-corrected chi connectivity index (χ0v) is 20.1. The maximum atomic E-state index is 14.1. The van der Waals surface area contributed by atoms with Gasteiger partial charge in [0.2, 0.25) is 11.8 Å². The number of aliphatic hydroxyl groups is 1. The van der Waals surface area contributed by atoms with Crippen LogP contribution in [0.3, 0.4) is 0 Å². The fraction of sp³-hybridized carbons (Fsp3) is 0.783. The van der Waals surface area contributed by atoms with Gasteiger partial charge in [0.05, 0.1) is 35.8 Å². The van der Waals surface area contributed by atoms with Gasteiger partial charge in [-0.15, -0.1) is 18.3 Å². The second kappa shape index (κ2) is 8.77. The van der Waals surface area contributed by atoms with Gasteiger partial charge in [0.15, 0.2) is 0 Å². The number of aliphatic hydroxyl groups excluding tert-OH is 1. The lowest BCUT2D eigenvalue weighted by molar-refractivity contribution is -0.154. The number of rotatable bonds is 8. The summed E-state index contributed by atoms with van der Waals surface area (Å²) in [5.74, 6) is -1.79. The quantitative estimate of drug-likeness (QED) is 0.449. The molecule has 7 nitrogen and oxygen atoms in total. The molecule has 3 aliphatic rings. The molecule has 0 radical (unpaired) electrons. The van der Waals surface area contributed by atoms with Crippen LogP contribution in [0.5, 0.6) is 0 Å². The molecule has 2 bridgehead atoms. The van der Waals surface area contributed by atoms with E-state index in [-0.39, 0.29) is 36.2 Å². The molecule has 2 amide bonds. The minimum atomic E-state index is -0.712. The third-order valence-electron chi connectivity index (χ3n) is 6.99. The third-order valence-corrected chi connectivity index (χ3v) is 8.95. The van der Waals surface area contributed by atoms with E-state index < -0.39 is 34.2 Å². The monoisotopic (exact) mass is 452 g/mol. The molecule has 3 aliphatic heterocycles. The molecule has 1 spiro atoms. The van der Waals surface area contributed by atoms with E-state index in [1.807, 2.05) is 27.7 Å². The fourth-order valence-corrected chi connectivity index (χ4v) is 7.84. The number of esters is 1. The molecule has 3 rings (SSSR count). The number of nitrogens with zero attached hydrogens (tertiary/aromatic N) is 2. The van der Waals surface area contributed by atoms with Gasteiger partial charge in [-0.25, -0.2) is 0 Å². The van der Waals surface area contributed by atoms with Crippen LogP contribution in [0, 0.1) is 11.8 Å². The number of hydrogen-bond donors (Lipinski definition) is 1. The summed E-state index contributed by atoms with van der Waals surface area (Å²) in [6.07, 6.45) is 3.71. The summed E-state index contributed by atoms with van der Waals surface area (Å²) < 4.78 is 4.67. The Balaban J connectivity index is 2.11. The van der Waals surface area contributed by atoms with Crippen LogP contribution in [0.1, 0.15) is 53.9 Å². The molecule has 6 atom stereocenters. The number of carbonyl (C=O) groups is 3. The van der Waals surface area contributed by atoms with Gasteiger partial charge in [-0.3, -0.25) is 14.4 Å². The van der Waals surface area contributed by atoms with Crippen LogP contribution in [0.4, 0.5) is 0 Å². The van der Waals surface area contributed by atoms with Crippen molar-refractivity contribution in [1.29, 1.82) is 0 Å². The Labute approximate surface area is 189 Å². The van der Waals surface area contributed by atoms with E-state index in [0.717, 1.165) is 6.42 Å². The van der Waals surface area contributed by atoms with Crippen LogP contribution >= 0.6 is 11.8 Å². The Morgan fingerprint density at radius 3 is 2.61 bits per heavy atom. The predicted octanol–water partition coefficient (Wildman–Crippen LogP) is 2.22. The maximum Gasteiger partial charge on any atom is 0.310 e. The van der Waals surface area contributed by atoms with Crippen molar-refractivity contribution in [2.24, 2.45) is 11.8 Å². The van der Waals surface area contributed by atoms with Crippen LogP contribution < -0.4 is 0 Å². The number of ether oxygens (including phenoxy) is 1. The second-order valence-corrected chi connectivity index (χ2v) is 11.3. The Bertz CT molecular complexity index is 747. The Morgan fingerprint density at radius 1 is 1.42 bits per heavy atom. The Kier molecular flexibility index (Phi) is 6.82. The van der Waals surface area contributed by atoms with Gasteiger partial charge < -0.3 is 19.6 Å². The van der Waals surface area contributed by atoms with Crippen LogP contribution in [-0.4, -0.2) is 80.1 Å². The van der Waals surface area contributed by atoms with Gasteiger partial charge in [-0.2, -0.15) is 0 Å². The lowest BCUT2D eigenvalue weighted by atomic mass is 9.71. The molecule has 3 fully saturated rings. The molecule has 8 heteroatoms. The van der Waals surface area contributed by atoms with Crippen molar-refractivity contribution in [3.8, 4) is 0 Å². The van der Waals surface area contributed by atoms with Crippen LogP contribution in [0.25, 0.3) is 0 Å². The van der Waals surface area contributed by atoms with E-state index in [1.165, 1.54) is 0 Å². The van der Waals surface area contributed by atoms with E-state index in [0.29, 0.717) is 19.4 Å². The van der Waals surface area contributed by atoms with Crippen molar-refractivity contribution in [2.75, 3.05) is 19.8 Å². The standard InChI is InChI=1S/C23H36N2O5S/c1-7-12-24(22(4,5)6)20(28)18-23-11-10-15(31-23)16(21(29)30-9-3)17(23)19(27)25(18)14(8-2)13-26/h7,14-18,26H,1,8-13H2,2-6H3/t14-,15+,16-,17-,18?,23?/m0/s1. The summed E-state index contributed by atoms with van der Waals surface area (Å²) in [6, 6.07) is -1.18. The molecule has 0 aromatic carbocycles. The van der Waals surface area contributed by atoms with Crippen molar-refractivity contribution < 1.29 is 24.2 Å². The van der Waals surface area contributed by atoms with Gasteiger partial charge in [0.1, 0.15) is 6.04 Å². The summed E-state index contributed by atoms with van der Waals surface area (Å²) in [5, 5.41) is 10.0. The van der Waals surface area contributed by atoms with Crippen molar-refractivity contribution in [2.45, 2.75) is 81.5 Å². The molecular weight excluding hydrogens is 416 g/mol. The van der Waals surface area contributed by atoms with Gasteiger partial charge in [-0.05, 0) is 47.0 Å². The average molecular weight is 453 g/mol. The van der Waals surface area contributed by atoms with Crippen LogP contribution in [-0.2, 0) is 19.1 Å². The molecule has 0 aliphatic carbocycles. The zero-order valence-electron chi connectivity index (χ0n) is 19.3. The highest BCUT2D eigenvalue weighted by molar-refractivity contribution is 8.02. The van der Waals surface area contributed by atoms with Gasteiger partial charge in [-0.1, -0.05) is 13.0 Å². The maximum absolute atomic E-state index is 14.1. The number of amides is 2. The molecule has 3 saturated heterocycles. The lowest BCUT2D eigenvalue weighted by Crippen LogP contribution is -2.60.